The molecule has 0 saturated carbocycles. The number of aliphatic hydroxyl groups is 1. The molecule has 0 aliphatic heterocycles. The molecule has 1 N–H and O–H groups in total. The molecule has 0 aromatic heterocycles. The van der Waals surface area contributed by atoms with Gasteiger partial charge in [0.2, 0.25) is 0 Å². The van der Waals surface area contributed by atoms with Gasteiger partial charge in [0.05, 0.1) is 22.8 Å². The van der Waals surface area contributed by atoms with Crippen LogP contribution in [0.25, 0.3) is 0 Å². The van der Waals surface area contributed by atoms with Crippen molar-refractivity contribution < 1.29 is 9.84 Å². The molecule has 1 unspecified atom stereocenters. The molecule has 15 heavy (non-hydrogen) atoms. The van der Waals surface area contributed by atoms with E-state index in [-0.39, 0.29) is 0 Å². The van der Waals surface area contributed by atoms with Crippen molar-refractivity contribution in [3.8, 4) is 0 Å². The molecule has 2 nitrogen and oxygen atoms in total. The molecule has 84 valence electrons. The Morgan fingerprint density at radius 1 is 1.40 bits per heavy atom. The zero-order chi connectivity index (χ0) is 11.3. The van der Waals surface area contributed by atoms with E-state index >= 15 is 0 Å². The number of benzene rings is 1. The standard InChI is InChI=1S/C10H12Cl2O2S/c1-14-5-7(13)6-15-8-2-3-9(11)10(12)4-8/h2-4,7,13H,5-6H2,1H3. The van der Waals surface area contributed by atoms with Gasteiger partial charge in [-0.15, -0.1) is 11.8 Å². The summed E-state index contributed by atoms with van der Waals surface area (Å²) in [6.45, 7) is 0.342. The van der Waals surface area contributed by atoms with Crippen LogP contribution in [0.2, 0.25) is 10.0 Å². The van der Waals surface area contributed by atoms with Crippen LogP contribution in [0.4, 0.5) is 0 Å². The lowest BCUT2D eigenvalue weighted by molar-refractivity contribution is 0.0794. The second-order valence-corrected chi connectivity index (χ2v) is 4.90. The Labute approximate surface area is 104 Å². The number of hydrogen-bond acceptors (Lipinski definition) is 3. The van der Waals surface area contributed by atoms with Crippen LogP contribution in [0.15, 0.2) is 23.1 Å². The summed E-state index contributed by atoms with van der Waals surface area (Å²) in [6.07, 6.45) is -0.463. The summed E-state index contributed by atoms with van der Waals surface area (Å²) in [5.74, 6) is 0.575. The Bertz CT molecular complexity index is 320. The highest BCUT2D eigenvalue weighted by Crippen LogP contribution is 2.28. The maximum atomic E-state index is 9.43. The van der Waals surface area contributed by atoms with Crippen molar-refractivity contribution in [2.45, 2.75) is 11.0 Å². The first-order valence-corrected chi connectivity index (χ1v) is 6.12. The number of ether oxygens (including phenoxy) is 1. The number of thioether (sulfide) groups is 1. The first kappa shape index (κ1) is 13.1. The van der Waals surface area contributed by atoms with E-state index in [0.29, 0.717) is 22.4 Å². The third-order valence-electron chi connectivity index (χ3n) is 1.69. The lowest BCUT2D eigenvalue weighted by Crippen LogP contribution is -2.16. The SMILES string of the molecule is COCC(O)CSc1ccc(Cl)c(Cl)c1. The zero-order valence-electron chi connectivity index (χ0n) is 8.24. The molecule has 1 aromatic rings. The summed E-state index contributed by atoms with van der Waals surface area (Å²) in [6, 6.07) is 5.40. The second kappa shape index (κ2) is 6.61. The van der Waals surface area contributed by atoms with Crippen molar-refractivity contribution in [3.63, 3.8) is 0 Å². The van der Waals surface area contributed by atoms with Gasteiger partial charge in [0.15, 0.2) is 0 Å². The Kier molecular flexibility index (Phi) is 5.79. The van der Waals surface area contributed by atoms with Gasteiger partial charge in [0, 0.05) is 17.8 Å². The summed E-state index contributed by atoms with van der Waals surface area (Å²) in [4.78, 5) is 0.986. The molecule has 1 rings (SSSR count). The zero-order valence-corrected chi connectivity index (χ0v) is 10.6. The van der Waals surface area contributed by atoms with Crippen molar-refractivity contribution in [3.05, 3.63) is 28.2 Å². The predicted octanol–water partition coefficient (Wildman–Crippen LogP) is 3.09. The fourth-order valence-corrected chi connectivity index (χ4v) is 2.21. The summed E-state index contributed by atoms with van der Waals surface area (Å²) >= 11 is 13.2. The Hall–Kier alpha value is 0.0700. The maximum absolute atomic E-state index is 9.43. The fourth-order valence-electron chi connectivity index (χ4n) is 1.000. The molecular formula is C10H12Cl2O2S. The molecule has 5 heteroatoms. The van der Waals surface area contributed by atoms with Gasteiger partial charge in [0.25, 0.3) is 0 Å². The number of methoxy groups -OCH3 is 1. The smallest absolute Gasteiger partial charge is 0.0867 e. The number of hydrogen-bond donors (Lipinski definition) is 1. The van der Waals surface area contributed by atoms with E-state index in [4.69, 9.17) is 27.9 Å². The van der Waals surface area contributed by atoms with Crippen molar-refractivity contribution in [1.82, 2.24) is 0 Å². The lowest BCUT2D eigenvalue weighted by Gasteiger charge is -2.09. The van der Waals surface area contributed by atoms with Gasteiger partial charge in [-0.2, -0.15) is 0 Å². The summed E-state index contributed by atoms with van der Waals surface area (Å²) in [5, 5.41) is 10.5. The predicted molar refractivity (Wildman–Crippen MR) is 65.1 cm³/mol. The van der Waals surface area contributed by atoms with E-state index in [2.05, 4.69) is 0 Å². The van der Waals surface area contributed by atoms with Crippen LogP contribution in [0, 0.1) is 0 Å². The van der Waals surface area contributed by atoms with Crippen LogP contribution in [-0.4, -0.2) is 30.7 Å². The van der Waals surface area contributed by atoms with Gasteiger partial charge < -0.3 is 9.84 Å². The normalized spacial score (nSPS) is 12.8. The first-order valence-electron chi connectivity index (χ1n) is 4.38. The van der Waals surface area contributed by atoms with Gasteiger partial charge in [0.1, 0.15) is 0 Å². The van der Waals surface area contributed by atoms with Gasteiger partial charge in [-0.1, -0.05) is 23.2 Å². The topological polar surface area (TPSA) is 29.5 Å². The molecule has 0 aliphatic carbocycles. The minimum absolute atomic E-state index is 0.342. The molecular weight excluding hydrogens is 255 g/mol. The molecule has 0 amide bonds. The number of aliphatic hydroxyl groups excluding tert-OH is 1. The van der Waals surface area contributed by atoms with Crippen LogP contribution in [0.5, 0.6) is 0 Å². The molecule has 0 spiro atoms. The minimum atomic E-state index is -0.463. The third kappa shape index (κ3) is 4.62. The van der Waals surface area contributed by atoms with Crippen LogP contribution >= 0.6 is 35.0 Å². The average molecular weight is 267 g/mol. The van der Waals surface area contributed by atoms with Crippen molar-refractivity contribution >= 4 is 35.0 Å². The highest BCUT2D eigenvalue weighted by atomic mass is 35.5. The first-order chi connectivity index (χ1) is 7.13. The van der Waals surface area contributed by atoms with Gasteiger partial charge in [-0.05, 0) is 18.2 Å². The summed E-state index contributed by atoms with van der Waals surface area (Å²) < 4.78 is 4.82. The Morgan fingerprint density at radius 3 is 2.73 bits per heavy atom. The summed E-state index contributed by atoms with van der Waals surface area (Å²) in [7, 11) is 1.56. The largest absolute Gasteiger partial charge is 0.390 e. The van der Waals surface area contributed by atoms with Crippen LogP contribution in [0.1, 0.15) is 0 Å². The maximum Gasteiger partial charge on any atom is 0.0867 e. The van der Waals surface area contributed by atoms with Gasteiger partial charge in [-0.3, -0.25) is 0 Å². The number of halogens is 2. The third-order valence-corrected chi connectivity index (χ3v) is 3.57. The quantitative estimate of drug-likeness (QED) is 0.831. The molecule has 0 aliphatic rings. The molecule has 0 heterocycles. The van der Waals surface area contributed by atoms with Crippen molar-refractivity contribution in [1.29, 1.82) is 0 Å². The van der Waals surface area contributed by atoms with E-state index in [1.807, 2.05) is 6.07 Å². The van der Waals surface area contributed by atoms with E-state index in [1.165, 1.54) is 11.8 Å². The van der Waals surface area contributed by atoms with E-state index < -0.39 is 6.10 Å². The van der Waals surface area contributed by atoms with E-state index in [1.54, 1.807) is 19.2 Å². The molecule has 0 radical (unpaired) electrons. The second-order valence-electron chi connectivity index (χ2n) is 3.00. The van der Waals surface area contributed by atoms with E-state index in [9.17, 15) is 5.11 Å². The van der Waals surface area contributed by atoms with Crippen LogP contribution in [-0.2, 0) is 4.74 Å². The number of rotatable bonds is 5. The molecule has 0 fully saturated rings. The summed E-state index contributed by atoms with van der Waals surface area (Å²) in [5.41, 5.74) is 0. The lowest BCUT2D eigenvalue weighted by atomic mass is 10.4. The fraction of sp³-hybridized carbons (Fsp3) is 0.400. The van der Waals surface area contributed by atoms with Crippen LogP contribution in [0.3, 0.4) is 0 Å². The monoisotopic (exact) mass is 266 g/mol. The highest BCUT2D eigenvalue weighted by Gasteiger charge is 2.05. The van der Waals surface area contributed by atoms with Crippen LogP contribution < -0.4 is 0 Å². The van der Waals surface area contributed by atoms with Gasteiger partial charge in [-0.25, -0.2) is 0 Å². The van der Waals surface area contributed by atoms with E-state index in [0.717, 1.165) is 4.90 Å². The molecule has 0 bridgehead atoms. The minimum Gasteiger partial charge on any atom is -0.390 e. The van der Waals surface area contributed by atoms with Crippen molar-refractivity contribution in [2.75, 3.05) is 19.5 Å². The highest BCUT2D eigenvalue weighted by molar-refractivity contribution is 7.99. The molecule has 1 atom stereocenters. The average Bonchev–Trinajstić information content (AvgIpc) is 2.20. The van der Waals surface area contributed by atoms with Crippen molar-refractivity contribution in [2.24, 2.45) is 0 Å². The Balaban J connectivity index is 2.47. The van der Waals surface area contributed by atoms with Gasteiger partial charge >= 0.3 is 0 Å². The Morgan fingerprint density at radius 2 is 2.13 bits per heavy atom. The molecule has 0 saturated heterocycles. The molecule has 1 aromatic carbocycles.